The summed E-state index contributed by atoms with van der Waals surface area (Å²) in [4.78, 5) is 0. The topological polar surface area (TPSA) is 18.5 Å². The Labute approximate surface area is 88.3 Å². The minimum absolute atomic E-state index is 0.169. The van der Waals surface area contributed by atoms with E-state index in [1.54, 1.807) is 14.2 Å². The molecule has 2 nitrogen and oxygen atoms in total. The number of halogens is 3. The molecule has 0 aromatic rings. The van der Waals surface area contributed by atoms with Crippen molar-refractivity contribution in [3.63, 3.8) is 0 Å². The van der Waals surface area contributed by atoms with Crippen molar-refractivity contribution in [3.05, 3.63) is 0 Å². The van der Waals surface area contributed by atoms with Crippen molar-refractivity contribution in [1.82, 2.24) is 0 Å². The predicted molar refractivity (Wildman–Crippen MR) is 57.3 cm³/mol. The zero-order valence-corrected chi connectivity index (χ0v) is 10.1. The van der Waals surface area contributed by atoms with Crippen molar-refractivity contribution >= 4 is 39.7 Å². The smallest absolute Gasteiger partial charge is 0.0521 e. The molecule has 0 atom stereocenters. The molecule has 0 radical (unpaired) electrons. The maximum absolute atomic E-state index is 5.70. The Morgan fingerprint density at radius 1 is 1.08 bits per heavy atom. The standard InChI is InChI=1S/C6H13Cl3O2S/c1-10-3-6(4-11-2)5-12(7,8)9/h6H,3-5H2,1-2H3. The molecule has 12 heavy (non-hydrogen) atoms. The van der Waals surface area contributed by atoms with Crippen LogP contribution in [0.4, 0.5) is 0 Å². The van der Waals surface area contributed by atoms with Crippen LogP contribution in [0.1, 0.15) is 0 Å². The van der Waals surface area contributed by atoms with Crippen LogP contribution in [-0.2, 0) is 9.47 Å². The average molecular weight is 256 g/mol. The van der Waals surface area contributed by atoms with Crippen molar-refractivity contribution in [2.75, 3.05) is 33.2 Å². The molecule has 76 valence electrons. The van der Waals surface area contributed by atoms with E-state index in [0.717, 1.165) is 0 Å². The van der Waals surface area contributed by atoms with Gasteiger partial charge in [-0.1, -0.05) is 0 Å². The van der Waals surface area contributed by atoms with Gasteiger partial charge in [0.2, 0.25) is 0 Å². The van der Waals surface area contributed by atoms with E-state index in [2.05, 4.69) is 0 Å². The number of hydrogen-bond acceptors (Lipinski definition) is 2. The second-order valence-corrected chi connectivity index (χ2v) is 9.95. The number of hydrogen-bond donors (Lipinski definition) is 0. The molecule has 0 amide bonds. The lowest BCUT2D eigenvalue weighted by Gasteiger charge is -2.22. The summed E-state index contributed by atoms with van der Waals surface area (Å²) in [5.74, 6) is 0.696. The Balaban J connectivity index is 3.77. The van der Waals surface area contributed by atoms with Gasteiger partial charge in [-0.2, -0.15) is 0 Å². The van der Waals surface area contributed by atoms with E-state index in [1.165, 1.54) is 0 Å². The maximum Gasteiger partial charge on any atom is 0.0521 e. The Kier molecular flexibility index (Phi) is 7.20. The van der Waals surface area contributed by atoms with E-state index < -0.39 is 7.67 Å². The lowest BCUT2D eigenvalue weighted by Crippen LogP contribution is -2.18. The number of rotatable bonds is 6. The molecule has 0 aromatic carbocycles. The van der Waals surface area contributed by atoms with Crippen LogP contribution >= 0.6 is 39.7 Å². The molecular formula is C6H13Cl3O2S. The van der Waals surface area contributed by atoms with Crippen LogP contribution in [0.25, 0.3) is 0 Å². The molecule has 0 heterocycles. The highest BCUT2D eigenvalue weighted by Crippen LogP contribution is 2.63. The Bertz CT molecular complexity index is 112. The Morgan fingerprint density at radius 3 is 1.75 bits per heavy atom. The molecule has 0 aromatic heterocycles. The van der Waals surface area contributed by atoms with Crippen LogP contribution in [0.15, 0.2) is 0 Å². The summed E-state index contributed by atoms with van der Waals surface area (Å²) in [5.41, 5.74) is 0. The van der Waals surface area contributed by atoms with Crippen LogP contribution in [0.5, 0.6) is 0 Å². The zero-order chi connectivity index (χ0) is 9.61. The highest BCUT2D eigenvalue weighted by molar-refractivity contribution is 8.79. The Morgan fingerprint density at radius 2 is 1.50 bits per heavy atom. The molecule has 0 unspecified atom stereocenters. The lowest BCUT2D eigenvalue weighted by molar-refractivity contribution is 0.0953. The molecule has 0 saturated carbocycles. The molecule has 6 heteroatoms. The lowest BCUT2D eigenvalue weighted by atomic mass is 10.2. The van der Waals surface area contributed by atoms with Gasteiger partial charge in [0.25, 0.3) is 0 Å². The van der Waals surface area contributed by atoms with Gasteiger partial charge in [0.15, 0.2) is 0 Å². The van der Waals surface area contributed by atoms with Crippen molar-refractivity contribution in [2.45, 2.75) is 0 Å². The molecule has 0 aliphatic rings. The van der Waals surface area contributed by atoms with Gasteiger partial charge in [-0.05, 0) is 39.7 Å². The molecule has 0 rings (SSSR count). The summed E-state index contributed by atoms with van der Waals surface area (Å²) in [7, 11) is 18.3. The van der Waals surface area contributed by atoms with Gasteiger partial charge in [0.05, 0.1) is 13.2 Å². The van der Waals surface area contributed by atoms with Crippen molar-refractivity contribution in [2.24, 2.45) is 5.92 Å². The van der Waals surface area contributed by atoms with Gasteiger partial charge in [-0.15, -0.1) is 0 Å². The summed E-state index contributed by atoms with van der Waals surface area (Å²) in [6.45, 7) is 1.13. The van der Waals surface area contributed by atoms with E-state index in [4.69, 9.17) is 41.5 Å². The van der Waals surface area contributed by atoms with Crippen LogP contribution in [0.3, 0.4) is 0 Å². The van der Waals surface area contributed by atoms with Gasteiger partial charge >= 0.3 is 0 Å². The van der Waals surface area contributed by atoms with E-state index in [0.29, 0.717) is 19.0 Å². The fraction of sp³-hybridized carbons (Fsp3) is 1.00. The van der Waals surface area contributed by atoms with Gasteiger partial charge in [0, 0.05) is 25.9 Å². The quantitative estimate of drug-likeness (QED) is 0.726. The number of methoxy groups -OCH3 is 2. The predicted octanol–water partition coefficient (Wildman–Crippen LogP) is 3.16. The maximum atomic E-state index is 5.70. The summed E-state index contributed by atoms with van der Waals surface area (Å²) in [6, 6.07) is 0. The fourth-order valence-electron chi connectivity index (χ4n) is 0.883. The second-order valence-electron chi connectivity index (χ2n) is 2.45. The molecule has 0 bridgehead atoms. The van der Waals surface area contributed by atoms with Crippen LogP contribution in [-0.4, -0.2) is 33.2 Å². The minimum Gasteiger partial charge on any atom is -0.384 e. The third-order valence-electron chi connectivity index (χ3n) is 1.23. The first-order valence-electron chi connectivity index (χ1n) is 3.37. The summed E-state index contributed by atoms with van der Waals surface area (Å²) < 4.78 is 9.92. The zero-order valence-electron chi connectivity index (χ0n) is 7.06. The average Bonchev–Trinajstić information content (AvgIpc) is 1.84. The van der Waals surface area contributed by atoms with Crippen LogP contribution in [0, 0.1) is 5.92 Å². The molecular weight excluding hydrogens is 242 g/mol. The molecule has 0 aliphatic heterocycles. The van der Waals surface area contributed by atoms with Gasteiger partial charge in [0.1, 0.15) is 0 Å². The highest BCUT2D eigenvalue weighted by Gasteiger charge is 2.20. The summed E-state index contributed by atoms with van der Waals surface area (Å²) in [5, 5.41) is 0. The van der Waals surface area contributed by atoms with E-state index in [1.807, 2.05) is 0 Å². The highest BCUT2D eigenvalue weighted by atomic mass is 36.2. The molecule has 0 spiro atoms. The van der Waals surface area contributed by atoms with Crippen LogP contribution < -0.4 is 0 Å². The van der Waals surface area contributed by atoms with Crippen LogP contribution in [0.2, 0.25) is 0 Å². The van der Waals surface area contributed by atoms with Gasteiger partial charge in [-0.3, -0.25) is 0 Å². The molecule has 0 fully saturated rings. The van der Waals surface area contributed by atoms with Gasteiger partial charge in [-0.25, -0.2) is 0 Å². The van der Waals surface area contributed by atoms with E-state index in [9.17, 15) is 0 Å². The summed E-state index contributed by atoms with van der Waals surface area (Å²) >= 11 is 0. The number of ether oxygens (including phenoxy) is 2. The third-order valence-corrected chi connectivity index (χ3v) is 3.21. The first-order valence-corrected chi connectivity index (χ1v) is 7.65. The normalized spacial score (nSPS) is 13.8. The van der Waals surface area contributed by atoms with Crippen molar-refractivity contribution < 1.29 is 9.47 Å². The molecule has 0 aliphatic carbocycles. The molecule has 0 saturated heterocycles. The summed E-state index contributed by atoms with van der Waals surface area (Å²) in [6.07, 6.45) is 0. The van der Waals surface area contributed by atoms with E-state index in [-0.39, 0.29) is 5.92 Å². The largest absolute Gasteiger partial charge is 0.384 e. The van der Waals surface area contributed by atoms with E-state index >= 15 is 0 Å². The minimum atomic E-state index is -2.01. The SMILES string of the molecule is COCC(COC)CS(Cl)(Cl)Cl. The molecule has 0 N–H and O–H groups in total. The fourth-order valence-corrected chi connectivity index (χ4v) is 3.21. The Hall–Kier alpha value is 1.14. The van der Waals surface area contributed by atoms with Crippen molar-refractivity contribution in [3.8, 4) is 0 Å². The second kappa shape index (κ2) is 6.57. The first-order chi connectivity index (χ1) is 5.49. The monoisotopic (exact) mass is 254 g/mol. The third kappa shape index (κ3) is 7.77. The van der Waals surface area contributed by atoms with Gasteiger partial charge < -0.3 is 9.47 Å². The first kappa shape index (κ1) is 13.1. The van der Waals surface area contributed by atoms with Crippen molar-refractivity contribution in [1.29, 1.82) is 0 Å².